The van der Waals surface area contributed by atoms with Gasteiger partial charge in [-0.2, -0.15) is 0 Å². The molecule has 2 aliphatic rings. The summed E-state index contributed by atoms with van der Waals surface area (Å²) in [5, 5.41) is 3.66. The first-order valence-electron chi connectivity index (χ1n) is 12.1. The van der Waals surface area contributed by atoms with Crippen molar-refractivity contribution in [2.24, 2.45) is 17.8 Å². The van der Waals surface area contributed by atoms with Crippen LogP contribution >= 0.6 is 0 Å². The number of unbranched alkanes of at least 4 members (excludes halogenated alkanes) is 5. The zero-order chi connectivity index (χ0) is 17.6. The Morgan fingerprint density at radius 1 is 0.640 bits per heavy atom. The van der Waals surface area contributed by atoms with Crippen LogP contribution in [-0.2, 0) is 0 Å². The van der Waals surface area contributed by atoms with Gasteiger partial charge in [0, 0.05) is 0 Å². The zero-order valence-corrected chi connectivity index (χ0v) is 17.4. The van der Waals surface area contributed by atoms with Crippen molar-refractivity contribution in [3.63, 3.8) is 0 Å². The van der Waals surface area contributed by atoms with Crippen LogP contribution in [0.5, 0.6) is 0 Å². The Morgan fingerprint density at radius 2 is 1.16 bits per heavy atom. The molecule has 2 saturated carbocycles. The lowest BCUT2D eigenvalue weighted by Crippen LogP contribution is -2.27. The lowest BCUT2D eigenvalue weighted by molar-refractivity contribution is 0.132. The molecular weight excluding hydrogens is 302 g/mol. The molecule has 0 aromatic heterocycles. The summed E-state index contributed by atoms with van der Waals surface area (Å²) in [6.07, 6.45) is 26.8. The van der Waals surface area contributed by atoms with Crippen LogP contribution in [0.25, 0.3) is 0 Å². The maximum Gasteiger partial charge on any atom is -0.00489 e. The van der Waals surface area contributed by atoms with Crippen molar-refractivity contribution in [2.75, 3.05) is 13.1 Å². The van der Waals surface area contributed by atoms with Gasteiger partial charge in [-0.1, -0.05) is 103 Å². The minimum absolute atomic E-state index is 1.09. The van der Waals surface area contributed by atoms with Crippen LogP contribution < -0.4 is 5.32 Å². The van der Waals surface area contributed by atoms with Crippen molar-refractivity contribution in [3.8, 4) is 0 Å². The first-order valence-corrected chi connectivity index (χ1v) is 12.1. The van der Waals surface area contributed by atoms with Crippen molar-refractivity contribution < 1.29 is 0 Å². The molecular formula is C24H47N. The predicted octanol–water partition coefficient (Wildman–Crippen LogP) is 7.49. The van der Waals surface area contributed by atoms with E-state index in [1.54, 1.807) is 32.1 Å². The molecule has 25 heavy (non-hydrogen) atoms. The van der Waals surface area contributed by atoms with E-state index in [0.29, 0.717) is 0 Å². The Morgan fingerprint density at radius 3 is 1.68 bits per heavy atom. The molecule has 0 spiro atoms. The molecule has 2 fully saturated rings. The largest absolute Gasteiger partial charge is 0.317 e. The highest BCUT2D eigenvalue weighted by Crippen LogP contribution is 2.42. The molecule has 1 nitrogen and oxygen atoms in total. The molecule has 0 aromatic rings. The van der Waals surface area contributed by atoms with Crippen molar-refractivity contribution >= 4 is 0 Å². The Hall–Kier alpha value is -0.0400. The van der Waals surface area contributed by atoms with Gasteiger partial charge in [-0.25, -0.2) is 0 Å². The van der Waals surface area contributed by atoms with E-state index in [2.05, 4.69) is 12.2 Å². The second kappa shape index (κ2) is 14.1. The molecule has 1 heteroatoms. The lowest BCUT2D eigenvalue weighted by atomic mass is 9.68. The number of rotatable bonds is 13. The third-order valence-electron chi connectivity index (χ3n) is 7.11. The van der Waals surface area contributed by atoms with Gasteiger partial charge in [-0.05, 0) is 50.1 Å². The maximum atomic E-state index is 3.66. The van der Waals surface area contributed by atoms with Crippen molar-refractivity contribution in [1.29, 1.82) is 0 Å². The van der Waals surface area contributed by atoms with E-state index in [0.717, 1.165) is 17.8 Å². The van der Waals surface area contributed by atoms with E-state index in [9.17, 15) is 0 Å². The molecule has 1 N–H and O–H groups in total. The highest BCUT2D eigenvalue weighted by molar-refractivity contribution is 4.81. The van der Waals surface area contributed by atoms with Crippen LogP contribution in [0.1, 0.15) is 122 Å². The van der Waals surface area contributed by atoms with E-state index in [4.69, 9.17) is 0 Å². The van der Waals surface area contributed by atoms with Gasteiger partial charge >= 0.3 is 0 Å². The minimum atomic E-state index is 1.09. The molecule has 0 bridgehead atoms. The Bertz CT molecular complexity index is 270. The monoisotopic (exact) mass is 349 g/mol. The van der Waals surface area contributed by atoms with Gasteiger partial charge in [0.05, 0.1) is 0 Å². The third-order valence-corrected chi connectivity index (χ3v) is 7.11. The fourth-order valence-corrected chi connectivity index (χ4v) is 5.59. The van der Waals surface area contributed by atoms with Crippen molar-refractivity contribution in [1.82, 2.24) is 5.32 Å². The third kappa shape index (κ3) is 8.94. The van der Waals surface area contributed by atoms with E-state index < -0.39 is 0 Å². The predicted molar refractivity (Wildman–Crippen MR) is 112 cm³/mol. The average Bonchev–Trinajstić information content (AvgIpc) is 2.67. The molecule has 2 aliphatic carbocycles. The maximum absolute atomic E-state index is 3.66. The zero-order valence-electron chi connectivity index (χ0n) is 17.4. The van der Waals surface area contributed by atoms with Gasteiger partial charge in [0.15, 0.2) is 0 Å². The average molecular weight is 350 g/mol. The number of nitrogens with one attached hydrogen (secondary N) is 1. The Balaban J connectivity index is 1.57. The highest BCUT2D eigenvalue weighted by atomic mass is 14.8. The van der Waals surface area contributed by atoms with E-state index >= 15 is 0 Å². The molecule has 0 atom stereocenters. The fraction of sp³-hybridized carbons (Fsp3) is 1.00. The first kappa shape index (κ1) is 21.3. The summed E-state index contributed by atoms with van der Waals surface area (Å²) < 4.78 is 0. The summed E-state index contributed by atoms with van der Waals surface area (Å²) >= 11 is 0. The molecule has 0 saturated heterocycles. The summed E-state index contributed by atoms with van der Waals surface area (Å²) in [5.74, 6) is 3.27. The summed E-state index contributed by atoms with van der Waals surface area (Å²) in [6.45, 7) is 4.79. The van der Waals surface area contributed by atoms with Gasteiger partial charge in [0.2, 0.25) is 0 Å². The molecule has 148 valence electrons. The number of hydrogen-bond donors (Lipinski definition) is 1. The smallest absolute Gasteiger partial charge is 0.00489 e. The second-order valence-corrected chi connectivity index (χ2v) is 9.12. The van der Waals surface area contributed by atoms with Crippen LogP contribution in [0, 0.1) is 17.8 Å². The van der Waals surface area contributed by atoms with Crippen LogP contribution in [-0.4, -0.2) is 13.1 Å². The molecule has 0 aromatic carbocycles. The minimum Gasteiger partial charge on any atom is -0.317 e. The highest BCUT2D eigenvalue weighted by Gasteiger charge is 2.30. The van der Waals surface area contributed by atoms with Crippen LogP contribution in [0.3, 0.4) is 0 Å². The molecule has 0 heterocycles. The van der Waals surface area contributed by atoms with E-state index in [1.165, 1.54) is 96.6 Å². The van der Waals surface area contributed by atoms with E-state index in [-0.39, 0.29) is 0 Å². The summed E-state index contributed by atoms with van der Waals surface area (Å²) in [5.41, 5.74) is 0. The summed E-state index contributed by atoms with van der Waals surface area (Å²) in [6, 6.07) is 0. The topological polar surface area (TPSA) is 12.0 Å². The van der Waals surface area contributed by atoms with Crippen molar-refractivity contribution in [2.45, 2.75) is 122 Å². The standard InChI is InChI=1S/C24H47N/c1-2-3-4-13-20-25-21-14-7-12-19-24(22-15-8-5-9-16-22)23-17-10-6-11-18-23/h22-25H,2-21H2,1H3. The molecule has 0 amide bonds. The lowest BCUT2D eigenvalue weighted by Gasteiger charge is -2.38. The van der Waals surface area contributed by atoms with Gasteiger partial charge in [-0.3, -0.25) is 0 Å². The molecule has 2 rings (SSSR count). The van der Waals surface area contributed by atoms with E-state index in [1.807, 2.05) is 0 Å². The van der Waals surface area contributed by atoms with Gasteiger partial charge in [-0.15, -0.1) is 0 Å². The fourth-order valence-electron chi connectivity index (χ4n) is 5.59. The van der Waals surface area contributed by atoms with Gasteiger partial charge < -0.3 is 5.32 Å². The van der Waals surface area contributed by atoms with Crippen LogP contribution in [0.2, 0.25) is 0 Å². The second-order valence-electron chi connectivity index (χ2n) is 9.12. The molecule has 0 aliphatic heterocycles. The SMILES string of the molecule is CCCCCCNCCCCCC(C1CCCCC1)C1CCCCC1. The molecule has 0 unspecified atom stereocenters. The number of hydrogen-bond acceptors (Lipinski definition) is 1. The quantitative estimate of drug-likeness (QED) is 0.339. The Labute approximate surface area is 159 Å². The normalized spacial score (nSPS) is 20.4. The van der Waals surface area contributed by atoms with Crippen LogP contribution in [0.4, 0.5) is 0 Å². The van der Waals surface area contributed by atoms with Crippen molar-refractivity contribution in [3.05, 3.63) is 0 Å². The van der Waals surface area contributed by atoms with Gasteiger partial charge in [0.25, 0.3) is 0 Å². The first-order chi connectivity index (χ1) is 12.4. The summed E-state index contributed by atoms with van der Waals surface area (Å²) in [7, 11) is 0. The van der Waals surface area contributed by atoms with Crippen LogP contribution in [0.15, 0.2) is 0 Å². The van der Waals surface area contributed by atoms with Gasteiger partial charge in [0.1, 0.15) is 0 Å². The Kier molecular flexibility index (Phi) is 12.0. The molecule has 0 radical (unpaired) electrons. The summed E-state index contributed by atoms with van der Waals surface area (Å²) in [4.78, 5) is 0.